The predicted octanol–water partition coefficient (Wildman–Crippen LogP) is 2.26. The molecule has 0 spiro atoms. The molecule has 3 heterocycles. The fourth-order valence-corrected chi connectivity index (χ4v) is 2.59. The fraction of sp³-hybridized carbons (Fsp3) is 0.400. The highest BCUT2D eigenvalue weighted by atomic mass is 15.2. The van der Waals surface area contributed by atoms with Crippen molar-refractivity contribution in [3.63, 3.8) is 0 Å². The van der Waals surface area contributed by atoms with Crippen LogP contribution in [0.3, 0.4) is 0 Å². The van der Waals surface area contributed by atoms with Crippen molar-refractivity contribution in [3.05, 3.63) is 42.5 Å². The van der Waals surface area contributed by atoms with Gasteiger partial charge in [-0.05, 0) is 38.0 Å². The number of anilines is 2. The molecule has 2 aromatic heterocycles. The van der Waals surface area contributed by atoms with Gasteiger partial charge in [0, 0.05) is 31.0 Å². The number of piperidine rings is 1. The van der Waals surface area contributed by atoms with Gasteiger partial charge in [0.1, 0.15) is 18.0 Å². The van der Waals surface area contributed by atoms with Crippen LogP contribution in [0.4, 0.5) is 11.6 Å². The third kappa shape index (κ3) is 3.04. The largest absolute Gasteiger partial charge is 0.365 e. The zero-order chi connectivity index (χ0) is 13.8. The monoisotopic (exact) mass is 269 g/mol. The van der Waals surface area contributed by atoms with Crippen LogP contribution >= 0.6 is 0 Å². The molecule has 20 heavy (non-hydrogen) atoms. The second-order valence-corrected chi connectivity index (χ2v) is 5.16. The predicted molar refractivity (Wildman–Crippen MR) is 79.9 cm³/mol. The van der Waals surface area contributed by atoms with Gasteiger partial charge < -0.3 is 10.2 Å². The standard InChI is InChI=1S/C15H19N5/c1-12-4-2-6-15(18-12)20-9-3-5-13(10-20)19-14-7-8-16-11-17-14/h2,4,6-8,11,13H,3,5,9-10H2,1H3,(H,16,17,19). The number of rotatable bonds is 3. The summed E-state index contributed by atoms with van der Waals surface area (Å²) in [6.45, 7) is 4.06. The summed E-state index contributed by atoms with van der Waals surface area (Å²) >= 11 is 0. The Kier molecular flexibility index (Phi) is 3.76. The lowest BCUT2D eigenvalue weighted by Crippen LogP contribution is -2.42. The first-order valence-electron chi connectivity index (χ1n) is 7.02. The van der Waals surface area contributed by atoms with E-state index in [2.05, 4.69) is 37.3 Å². The molecular formula is C15H19N5. The topological polar surface area (TPSA) is 53.9 Å². The number of hydrogen-bond donors (Lipinski definition) is 1. The Hall–Kier alpha value is -2.17. The van der Waals surface area contributed by atoms with Crippen LogP contribution in [0.25, 0.3) is 0 Å². The normalized spacial score (nSPS) is 18.9. The van der Waals surface area contributed by atoms with E-state index in [4.69, 9.17) is 0 Å². The van der Waals surface area contributed by atoms with E-state index in [9.17, 15) is 0 Å². The van der Waals surface area contributed by atoms with Crippen molar-refractivity contribution in [3.8, 4) is 0 Å². The molecule has 1 saturated heterocycles. The third-order valence-corrected chi connectivity index (χ3v) is 3.55. The maximum atomic E-state index is 4.61. The molecule has 1 fully saturated rings. The molecule has 1 atom stereocenters. The number of aryl methyl sites for hydroxylation is 1. The number of nitrogens with one attached hydrogen (secondary N) is 1. The van der Waals surface area contributed by atoms with Gasteiger partial charge in [0.05, 0.1) is 0 Å². The lowest BCUT2D eigenvalue weighted by molar-refractivity contribution is 0.525. The van der Waals surface area contributed by atoms with E-state index in [0.29, 0.717) is 6.04 Å². The molecular weight excluding hydrogens is 250 g/mol. The van der Waals surface area contributed by atoms with Crippen molar-refractivity contribution in [1.82, 2.24) is 15.0 Å². The second-order valence-electron chi connectivity index (χ2n) is 5.16. The minimum absolute atomic E-state index is 0.404. The van der Waals surface area contributed by atoms with E-state index in [1.54, 1.807) is 12.5 Å². The maximum absolute atomic E-state index is 4.61. The minimum atomic E-state index is 0.404. The molecule has 0 amide bonds. The Labute approximate surface area is 119 Å². The van der Waals surface area contributed by atoms with Crippen molar-refractivity contribution in [1.29, 1.82) is 0 Å². The number of nitrogens with zero attached hydrogens (tertiary/aromatic N) is 4. The quantitative estimate of drug-likeness (QED) is 0.926. The smallest absolute Gasteiger partial charge is 0.129 e. The van der Waals surface area contributed by atoms with Crippen LogP contribution in [0.1, 0.15) is 18.5 Å². The lowest BCUT2D eigenvalue weighted by Gasteiger charge is -2.34. The van der Waals surface area contributed by atoms with Crippen molar-refractivity contribution >= 4 is 11.6 Å². The van der Waals surface area contributed by atoms with Crippen LogP contribution in [0.5, 0.6) is 0 Å². The van der Waals surface area contributed by atoms with E-state index >= 15 is 0 Å². The Morgan fingerprint density at radius 1 is 1.30 bits per heavy atom. The van der Waals surface area contributed by atoms with Crippen LogP contribution < -0.4 is 10.2 Å². The highest BCUT2D eigenvalue weighted by Gasteiger charge is 2.21. The third-order valence-electron chi connectivity index (χ3n) is 3.55. The Bertz CT molecular complexity index is 557. The molecule has 1 aliphatic rings. The van der Waals surface area contributed by atoms with Crippen molar-refractivity contribution in [2.45, 2.75) is 25.8 Å². The summed E-state index contributed by atoms with van der Waals surface area (Å²) in [5.41, 5.74) is 1.06. The average molecular weight is 269 g/mol. The molecule has 2 aromatic rings. The molecule has 0 aliphatic carbocycles. The van der Waals surface area contributed by atoms with Crippen LogP contribution in [-0.2, 0) is 0 Å². The zero-order valence-corrected chi connectivity index (χ0v) is 11.7. The van der Waals surface area contributed by atoms with Gasteiger partial charge in [0.2, 0.25) is 0 Å². The first-order chi connectivity index (χ1) is 9.81. The average Bonchev–Trinajstić information content (AvgIpc) is 2.49. The van der Waals surface area contributed by atoms with Gasteiger partial charge in [-0.15, -0.1) is 0 Å². The molecule has 0 radical (unpaired) electrons. The van der Waals surface area contributed by atoms with Crippen molar-refractivity contribution < 1.29 is 0 Å². The first kappa shape index (κ1) is 12.8. The van der Waals surface area contributed by atoms with E-state index < -0.39 is 0 Å². The highest BCUT2D eigenvalue weighted by Crippen LogP contribution is 2.19. The fourth-order valence-electron chi connectivity index (χ4n) is 2.59. The molecule has 1 N–H and O–H groups in total. The molecule has 104 valence electrons. The molecule has 3 rings (SSSR count). The second kappa shape index (κ2) is 5.86. The first-order valence-corrected chi connectivity index (χ1v) is 7.02. The van der Waals surface area contributed by atoms with Crippen LogP contribution in [0, 0.1) is 6.92 Å². The number of pyridine rings is 1. The molecule has 0 aromatic carbocycles. The summed E-state index contributed by atoms with van der Waals surface area (Å²) < 4.78 is 0. The van der Waals surface area contributed by atoms with Gasteiger partial charge >= 0.3 is 0 Å². The van der Waals surface area contributed by atoms with Gasteiger partial charge in [-0.3, -0.25) is 0 Å². The Balaban J connectivity index is 1.67. The Morgan fingerprint density at radius 2 is 2.25 bits per heavy atom. The maximum Gasteiger partial charge on any atom is 0.129 e. The van der Waals surface area contributed by atoms with Crippen molar-refractivity contribution in [2.75, 3.05) is 23.3 Å². The van der Waals surface area contributed by atoms with Crippen molar-refractivity contribution in [2.24, 2.45) is 0 Å². The summed E-state index contributed by atoms with van der Waals surface area (Å²) in [6, 6.07) is 8.49. The Morgan fingerprint density at radius 3 is 3.05 bits per heavy atom. The van der Waals surface area contributed by atoms with E-state index in [1.807, 2.05) is 19.1 Å². The highest BCUT2D eigenvalue weighted by molar-refractivity contribution is 5.42. The van der Waals surface area contributed by atoms with Crippen LogP contribution in [0.15, 0.2) is 36.8 Å². The van der Waals surface area contributed by atoms with Gasteiger partial charge in [0.15, 0.2) is 0 Å². The summed E-state index contributed by atoms with van der Waals surface area (Å²) in [4.78, 5) is 15.1. The van der Waals surface area contributed by atoms with E-state index in [0.717, 1.165) is 36.8 Å². The van der Waals surface area contributed by atoms with E-state index in [1.165, 1.54) is 6.42 Å². The molecule has 5 nitrogen and oxygen atoms in total. The van der Waals surface area contributed by atoms with Gasteiger partial charge in [-0.2, -0.15) is 0 Å². The van der Waals surface area contributed by atoms with E-state index in [-0.39, 0.29) is 0 Å². The summed E-state index contributed by atoms with van der Waals surface area (Å²) in [5, 5.41) is 3.47. The molecule has 5 heteroatoms. The van der Waals surface area contributed by atoms with Gasteiger partial charge in [-0.25, -0.2) is 15.0 Å². The minimum Gasteiger partial charge on any atom is -0.365 e. The number of hydrogen-bond acceptors (Lipinski definition) is 5. The molecule has 0 saturated carbocycles. The summed E-state index contributed by atoms with van der Waals surface area (Å²) in [5.74, 6) is 1.96. The SMILES string of the molecule is Cc1cccc(N2CCCC(Nc3ccncn3)C2)n1. The summed E-state index contributed by atoms with van der Waals surface area (Å²) in [7, 11) is 0. The molecule has 0 bridgehead atoms. The van der Waals surface area contributed by atoms with Crippen LogP contribution in [-0.4, -0.2) is 34.1 Å². The zero-order valence-electron chi connectivity index (χ0n) is 11.7. The molecule has 1 unspecified atom stereocenters. The number of aromatic nitrogens is 3. The van der Waals surface area contributed by atoms with Gasteiger partial charge in [0.25, 0.3) is 0 Å². The molecule has 1 aliphatic heterocycles. The van der Waals surface area contributed by atoms with Gasteiger partial charge in [-0.1, -0.05) is 6.07 Å². The summed E-state index contributed by atoms with van der Waals surface area (Å²) in [6.07, 6.45) is 5.66. The van der Waals surface area contributed by atoms with Crippen LogP contribution in [0.2, 0.25) is 0 Å². The lowest BCUT2D eigenvalue weighted by atomic mass is 10.1.